The molecule has 1 aliphatic rings. The molecule has 0 radical (unpaired) electrons. The van der Waals surface area contributed by atoms with Gasteiger partial charge in [-0.25, -0.2) is 0 Å². The average molecular weight is 165 g/mol. The Labute approximate surface area is 75.7 Å². The molecule has 0 saturated heterocycles. The molecule has 0 aromatic heterocycles. The van der Waals surface area contributed by atoms with Gasteiger partial charge in [0, 0.05) is 12.5 Å². The van der Waals surface area contributed by atoms with Crippen molar-refractivity contribution in [1.29, 1.82) is 0 Å². The van der Waals surface area contributed by atoms with Crippen LogP contribution in [0.2, 0.25) is 0 Å². The van der Waals surface area contributed by atoms with Crippen LogP contribution in [0.3, 0.4) is 0 Å². The Hall–Kier alpha value is -0.480. The van der Waals surface area contributed by atoms with Crippen LogP contribution in [0.1, 0.15) is 44.9 Å². The smallest absolute Gasteiger partial charge is 0.00887 e. The molecule has 2 atom stereocenters. The quantitative estimate of drug-likeness (QED) is 0.493. The van der Waals surface area contributed by atoms with Gasteiger partial charge in [-0.05, 0) is 25.2 Å². The Kier molecular flexibility index (Phi) is 4.18. The predicted octanol–water partition coefficient (Wildman–Crippen LogP) is 2.31. The Morgan fingerprint density at radius 1 is 1.33 bits per heavy atom. The molecule has 0 bridgehead atoms. The fourth-order valence-corrected chi connectivity index (χ4v) is 2.05. The van der Waals surface area contributed by atoms with Crippen LogP contribution in [0.15, 0.2) is 0 Å². The van der Waals surface area contributed by atoms with Crippen molar-refractivity contribution in [1.82, 2.24) is 0 Å². The van der Waals surface area contributed by atoms with Gasteiger partial charge in [0.05, 0.1) is 0 Å². The van der Waals surface area contributed by atoms with Crippen molar-refractivity contribution >= 4 is 0 Å². The van der Waals surface area contributed by atoms with E-state index in [2.05, 4.69) is 5.92 Å². The van der Waals surface area contributed by atoms with E-state index in [4.69, 9.17) is 12.2 Å². The first-order valence-electron chi connectivity index (χ1n) is 5.02. The molecule has 1 nitrogen and oxygen atoms in total. The predicted molar refractivity (Wildman–Crippen MR) is 52.6 cm³/mol. The summed E-state index contributed by atoms with van der Waals surface area (Å²) in [4.78, 5) is 0. The van der Waals surface area contributed by atoms with Crippen LogP contribution in [-0.4, -0.2) is 6.04 Å². The summed E-state index contributed by atoms with van der Waals surface area (Å²) in [6.07, 6.45) is 13.8. The maximum Gasteiger partial charge on any atom is 0.00887 e. The molecule has 1 heteroatoms. The molecule has 0 aromatic carbocycles. The number of nitrogens with two attached hydrogens (primary N) is 1. The molecule has 0 aromatic rings. The van der Waals surface area contributed by atoms with Gasteiger partial charge in [0.1, 0.15) is 0 Å². The van der Waals surface area contributed by atoms with Gasteiger partial charge < -0.3 is 5.73 Å². The number of rotatable bonds is 2. The first-order valence-corrected chi connectivity index (χ1v) is 5.02. The highest BCUT2D eigenvalue weighted by Gasteiger charge is 2.16. The summed E-state index contributed by atoms with van der Waals surface area (Å²) in [7, 11) is 0. The summed E-state index contributed by atoms with van der Waals surface area (Å²) >= 11 is 0. The second-order valence-corrected chi connectivity index (χ2v) is 3.89. The molecule has 68 valence electrons. The molecule has 1 aliphatic carbocycles. The Bertz CT molecular complexity index is 157. The number of hydrogen-bond donors (Lipinski definition) is 1. The van der Waals surface area contributed by atoms with Gasteiger partial charge >= 0.3 is 0 Å². The Morgan fingerprint density at radius 2 is 2.08 bits per heavy atom. The standard InChI is InChI=1S/C11H19N/c1-2-3-6-10-7-4-5-8-11(12)9-10/h1,10-11H,3-9,12H2. The van der Waals surface area contributed by atoms with Gasteiger partial charge in [0.2, 0.25) is 0 Å². The fraction of sp³-hybridized carbons (Fsp3) is 0.818. The average Bonchev–Trinajstić information content (AvgIpc) is 2.26. The Morgan fingerprint density at radius 3 is 2.83 bits per heavy atom. The monoisotopic (exact) mass is 165 g/mol. The second kappa shape index (κ2) is 5.22. The van der Waals surface area contributed by atoms with Crippen LogP contribution in [-0.2, 0) is 0 Å². The minimum atomic E-state index is 0.440. The van der Waals surface area contributed by atoms with E-state index in [0.717, 1.165) is 12.3 Å². The second-order valence-electron chi connectivity index (χ2n) is 3.89. The summed E-state index contributed by atoms with van der Waals surface area (Å²) in [5, 5.41) is 0. The third kappa shape index (κ3) is 3.28. The van der Waals surface area contributed by atoms with Crippen molar-refractivity contribution in [2.75, 3.05) is 0 Å². The molecule has 2 N–H and O–H groups in total. The van der Waals surface area contributed by atoms with Crippen LogP contribution in [0.5, 0.6) is 0 Å². The molecule has 0 spiro atoms. The molecule has 0 amide bonds. The van der Waals surface area contributed by atoms with Crippen LogP contribution < -0.4 is 5.73 Å². The number of hydrogen-bond acceptors (Lipinski definition) is 1. The van der Waals surface area contributed by atoms with Crippen molar-refractivity contribution < 1.29 is 0 Å². The zero-order valence-corrected chi connectivity index (χ0v) is 7.76. The topological polar surface area (TPSA) is 26.0 Å². The van der Waals surface area contributed by atoms with Crippen LogP contribution in [0.4, 0.5) is 0 Å². The van der Waals surface area contributed by atoms with E-state index in [1.54, 1.807) is 0 Å². The normalized spacial score (nSPS) is 30.7. The van der Waals surface area contributed by atoms with Crippen LogP contribution in [0, 0.1) is 18.3 Å². The van der Waals surface area contributed by atoms with Gasteiger partial charge in [0.25, 0.3) is 0 Å². The summed E-state index contributed by atoms with van der Waals surface area (Å²) in [6.45, 7) is 0. The molecule has 12 heavy (non-hydrogen) atoms. The van der Waals surface area contributed by atoms with E-state index < -0.39 is 0 Å². The molecule has 0 heterocycles. The minimum absolute atomic E-state index is 0.440. The lowest BCUT2D eigenvalue weighted by Gasteiger charge is -2.15. The van der Waals surface area contributed by atoms with Crippen molar-refractivity contribution in [3.05, 3.63) is 0 Å². The maximum absolute atomic E-state index is 5.95. The highest BCUT2D eigenvalue weighted by Crippen LogP contribution is 2.25. The molecule has 1 saturated carbocycles. The van der Waals surface area contributed by atoms with Gasteiger partial charge in [-0.3, -0.25) is 0 Å². The van der Waals surface area contributed by atoms with Crippen LogP contribution in [0.25, 0.3) is 0 Å². The summed E-state index contributed by atoms with van der Waals surface area (Å²) in [6, 6.07) is 0.440. The number of terminal acetylenes is 1. The molecular weight excluding hydrogens is 146 g/mol. The largest absolute Gasteiger partial charge is 0.328 e. The lowest BCUT2D eigenvalue weighted by atomic mass is 9.94. The summed E-state index contributed by atoms with van der Waals surface area (Å²) < 4.78 is 0. The first kappa shape index (κ1) is 9.61. The van der Waals surface area contributed by atoms with Gasteiger partial charge in [0.15, 0.2) is 0 Å². The molecule has 1 fully saturated rings. The van der Waals surface area contributed by atoms with E-state index >= 15 is 0 Å². The summed E-state index contributed by atoms with van der Waals surface area (Å²) in [5.74, 6) is 3.51. The van der Waals surface area contributed by atoms with E-state index in [-0.39, 0.29) is 0 Å². The SMILES string of the molecule is C#CCCC1CCCCC(N)C1. The lowest BCUT2D eigenvalue weighted by molar-refractivity contribution is 0.411. The fourth-order valence-electron chi connectivity index (χ4n) is 2.05. The van der Waals surface area contributed by atoms with E-state index in [1.165, 1.54) is 38.5 Å². The molecule has 0 aliphatic heterocycles. The van der Waals surface area contributed by atoms with Gasteiger partial charge in [-0.15, -0.1) is 12.3 Å². The molecule has 1 rings (SSSR count). The Balaban J connectivity index is 2.27. The zero-order chi connectivity index (χ0) is 8.81. The van der Waals surface area contributed by atoms with Crippen molar-refractivity contribution in [2.24, 2.45) is 11.7 Å². The highest BCUT2D eigenvalue weighted by atomic mass is 14.6. The third-order valence-electron chi connectivity index (χ3n) is 2.77. The van der Waals surface area contributed by atoms with Gasteiger partial charge in [-0.2, -0.15) is 0 Å². The van der Waals surface area contributed by atoms with Gasteiger partial charge in [-0.1, -0.05) is 19.3 Å². The van der Waals surface area contributed by atoms with Crippen molar-refractivity contribution in [3.8, 4) is 12.3 Å². The van der Waals surface area contributed by atoms with E-state index in [1.807, 2.05) is 0 Å². The van der Waals surface area contributed by atoms with Crippen LogP contribution >= 0.6 is 0 Å². The minimum Gasteiger partial charge on any atom is -0.328 e. The first-order chi connectivity index (χ1) is 5.83. The molecular formula is C11H19N. The molecule has 2 unspecified atom stereocenters. The lowest BCUT2D eigenvalue weighted by Crippen LogP contribution is -2.21. The maximum atomic E-state index is 5.95. The van der Waals surface area contributed by atoms with Crippen molar-refractivity contribution in [3.63, 3.8) is 0 Å². The third-order valence-corrected chi connectivity index (χ3v) is 2.77. The van der Waals surface area contributed by atoms with E-state index in [0.29, 0.717) is 6.04 Å². The van der Waals surface area contributed by atoms with Crippen molar-refractivity contribution in [2.45, 2.75) is 51.0 Å². The highest BCUT2D eigenvalue weighted by molar-refractivity contribution is 4.85. The van der Waals surface area contributed by atoms with E-state index in [9.17, 15) is 0 Å². The zero-order valence-electron chi connectivity index (χ0n) is 7.76. The summed E-state index contributed by atoms with van der Waals surface area (Å²) in [5.41, 5.74) is 5.95.